The molecule has 0 atom stereocenters. The molecular weight excluding hydrogens is 845 g/mol. The molecule has 0 aromatic heterocycles. The molecule has 2 nitrogen and oxygen atoms in total. The molecule has 0 saturated carbocycles. The Morgan fingerprint density at radius 3 is 1.40 bits per heavy atom. The predicted molar refractivity (Wildman–Crippen MR) is 296 cm³/mol. The van der Waals surface area contributed by atoms with Crippen molar-refractivity contribution in [3.8, 4) is 22.3 Å². The third-order valence-corrected chi connectivity index (χ3v) is 14.6. The second-order valence-corrected chi connectivity index (χ2v) is 18.5. The summed E-state index contributed by atoms with van der Waals surface area (Å²) in [6.07, 6.45) is 0. The summed E-state index contributed by atoms with van der Waals surface area (Å²) in [5, 5.41) is 7.21. The molecule has 12 aromatic carbocycles. The van der Waals surface area contributed by atoms with Gasteiger partial charge in [0.05, 0.1) is 22.5 Å². The maximum Gasteiger partial charge on any atom is 0.0714 e. The van der Waals surface area contributed by atoms with Crippen LogP contribution in [-0.4, -0.2) is 0 Å². The Morgan fingerprint density at radius 2 is 0.743 bits per heavy atom. The van der Waals surface area contributed by atoms with Crippen molar-refractivity contribution in [2.24, 2.45) is 0 Å². The number of benzene rings is 12. The first-order valence-electron chi connectivity index (χ1n) is 24.3. The number of hydrogen-bond donors (Lipinski definition) is 0. The van der Waals surface area contributed by atoms with Crippen molar-refractivity contribution in [2.75, 3.05) is 9.80 Å². The Kier molecular flexibility index (Phi) is 9.99. The molecule has 0 heterocycles. The quantitative estimate of drug-likeness (QED) is 0.142. The molecular formula is C68H48N2. The van der Waals surface area contributed by atoms with Gasteiger partial charge in [-0.1, -0.05) is 224 Å². The topological polar surface area (TPSA) is 6.48 Å². The van der Waals surface area contributed by atoms with Gasteiger partial charge in [0.2, 0.25) is 0 Å². The number of aryl methyl sites for hydroxylation is 1. The largest absolute Gasteiger partial charge is 0.310 e. The van der Waals surface area contributed by atoms with Crippen molar-refractivity contribution >= 4 is 66.4 Å². The van der Waals surface area contributed by atoms with Gasteiger partial charge in [-0.25, -0.2) is 0 Å². The van der Waals surface area contributed by atoms with Crippen LogP contribution < -0.4 is 9.80 Å². The van der Waals surface area contributed by atoms with E-state index in [4.69, 9.17) is 0 Å². The van der Waals surface area contributed by atoms with Crippen LogP contribution in [0.15, 0.2) is 273 Å². The van der Waals surface area contributed by atoms with E-state index in [-0.39, 0.29) is 0 Å². The van der Waals surface area contributed by atoms with Crippen LogP contribution in [0, 0.1) is 6.92 Å². The molecule has 0 aliphatic heterocycles. The normalized spacial score (nSPS) is 12.5. The number of nitrogens with zero attached hydrogens (tertiary/aromatic N) is 2. The van der Waals surface area contributed by atoms with E-state index >= 15 is 0 Å². The third kappa shape index (κ3) is 6.64. The van der Waals surface area contributed by atoms with Gasteiger partial charge >= 0.3 is 0 Å². The van der Waals surface area contributed by atoms with Crippen molar-refractivity contribution in [2.45, 2.75) is 12.3 Å². The monoisotopic (exact) mass is 892 g/mol. The molecule has 1 aliphatic rings. The van der Waals surface area contributed by atoms with Crippen LogP contribution in [0.2, 0.25) is 0 Å². The minimum absolute atomic E-state index is 0.519. The molecule has 70 heavy (non-hydrogen) atoms. The van der Waals surface area contributed by atoms with Crippen molar-refractivity contribution in [1.29, 1.82) is 0 Å². The van der Waals surface area contributed by atoms with Gasteiger partial charge < -0.3 is 9.80 Å². The average molecular weight is 893 g/mol. The summed E-state index contributed by atoms with van der Waals surface area (Å²) < 4.78 is 0. The molecule has 2 heteroatoms. The fourth-order valence-electron chi connectivity index (χ4n) is 11.4. The first-order chi connectivity index (χ1) is 34.6. The van der Waals surface area contributed by atoms with Crippen LogP contribution in [0.4, 0.5) is 34.1 Å². The van der Waals surface area contributed by atoms with Crippen LogP contribution in [-0.2, 0) is 5.41 Å². The summed E-state index contributed by atoms with van der Waals surface area (Å²) in [7, 11) is 0. The van der Waals surface area contributed by atoms with Gasteiger partial charge in [-0.15, -0.1) is 0 Å². The first kappa shape index (κ1) is 41.2. The van der Waals surface area contributed by atoms with Crippen molar-refractivity contribution in [1.82, 2.24) is 0 Å². The van der Waals surface area contributed by atoms with Gasteiger partial charge in [-0.05, 0) is 122 Å². The highest BCUT2D eigenvalue weighted by Crippen LogP contribution is 2.57. The van der Waals surface area contributed by atoms with Gasteiger partial charge in [0.25, 0.3) is 0 Å². The van der Waals surface area contributed by atoms with Crippen molar-refractivity contribution in [3.05, 3.63) is 301 Å². The van der Waals surface area contributed by atoms with E-state index in [1.165, 1.54) is 76.8 Å². The highest BCUT2D eigenvalue weighted by molar-refractivity contribution is 6.09. The molecule has 0 N–H and O–H groups in total. The summed E-state index contributed by atoms with van der Waals surface area (Å²) in [6.45, 7) is 2.15. The van der Waals surface area contributed by atoms with E-state index in [1.807, 2.05) is 0 Å². The van der Waals surface area contributed by atoms with E-state index in [1.54, 1.807) is 0 Å². The molecule has 0 amide bonds. The Morgan fingerprint density at radius 1 is 0.286 bits per heavy atom. The Hall–Kier alpha value is -8.98. The van der Waals surface area contributed by atoms with E-state index < -0.39 is 5.41 Å². The zero-order valence-electron chi connectivity index (χ0n) is 38.9. The van der Waals surface area contributed by atoms with Gasteiger partial charge in [-0.3, -0.25) is 0 Å². The zero-order chi connectivity index (χ0) is 46.6. The highest BCUT2D eigenvalue weighted by atomic mass is 15.2. The van der Waals surface area contributed by atoms with Gasteiger partial charge in [0, 0.05) is 33.2 Å². The van der Waals surface area contributed by atoms with Crippen LogP contribution in [0.25, 0.3) is 54.6 Å². The second kappa shape index (κ2) is 17.0. The minimum atomic E-state index is -0.519. The van der Waals surface area contributed by atoms with E-state index in [9.17, 15) is 0 Å². The molecule has 0 fully saturated rings. The summed E-state index contributed by atoms with van der Waals surface area (Å²) in [4.78, 5) is 4.89. The van der Waals surface area contributed by atoms with Gasteiger partial charge in [0.1, 0.15) is 0 Å². The van der Waals surface area contributed by atoms with Crippen LogP contribution >= 0.6 is 0 Å². The van der Waals surface area contributed by atoms with E-state index in [2.05, 4.69) is 290 Å². The molecule has 330 valence electrons. The fourth-order valence-corrected chi connectivity index (χ4v) is 11.4. The SMILES string of the molecule is Cc1ccc(N(c2cccc3ccccc23)c2ccc(-c3ccc(N(c4ccc5c(c4)C(c4ccccc4)(c4ccccc4)c4ccccc4-5)c4cccc5ccccc45)cc3)c3ccccc23)cc1. The van der Waals surface area contributed by atoms with Crippen molar-refractivity contribution in [3.63, 3.8) is 0 Å². The number of fused-ring (bicyclic) bond motifs is 6. The average Bonchev–Trinajstić information content (AvgIpc) is 3.73. The molecule has 0 unspecified atom stereocenters. The Bertz CT molecular complexity index is 3840. The summed E-state index contributed by atoms with van der Waals surface area (Å²) in [5.74, 6) is 0. The molecule has 0 radical (unpaired) electrons. The maximum absolute atomic E-state index is 2.47. The van der Waals surface area contributed by atoms with Gasteiger partial charge in [-0.2, -0.15) is 0 Å². The molecule has 0 bridgehead atoms. The lowest BCUT2D eigenvalue weighted by atomic mass is 9.67. The third-order valence-electron chi connectivity index (χ3n) is 14.6. The van der Waals surface area contributed by atoms with Crippen LogP contribution in [0.1, 0.15) is 27.8 Å². The van der Waals surface area contributed by atoms with Crippen LogP contribution in [0.3, 0.4) is 0 Å². The lowest BCUT2D eigenvalue weighted by Gasteiger charge is -2.35. The zero-order valence-corrected chi connectivity index (χ0v) is 38.9. The Labute approximate surface area is 409 Å². The minimum Gasteiger partial charge on any atom is -0.310 e. The smallest absolute Gasteiger partial charge is 0.0714 e. The molecule has 13 rings (SSSR count). The summed E-state index contributed by atoms with van der Waals surface area (Å²) in [6, 6.07) is 101. The fraction of sp³-hybridized carbons (Fsp3) is 0.0294. The molecule has 0 spiro atoms. The predicted octanol–water partition coefficient (Wildman–Crippen LogP) is 18.4. The maximum atomic E-state index is 2.47. The van der Waals surface area contributed by atoms with E-state index in [0.717, 1.165) is 39.7 Å². The molecule has 1 aliphatic carbocycles. The number of anilines is 6. The number of rotatable bonds is 9. The lowest BCUT2D eigenvalue weighted by Crippen LogP contribution is -2.28. The Balaban J connectivity index is 0.976. The summed E-state index contributed by atoms with van der Waals surface area (Å²) in [5.41, 5.74) is 17.4. The summed E-state index contributed by atoms with van der Waals surface area (Å²) >= 11 is 0. The highest BCUT2D eigenvalue weighted by Gasteiger charge is 2.46. The molecule has 0 saturated heterocycles. The second-order valence-electron chi connectivity index (χ2n) is 18.5. The first-order valence-corrected chi connectivity index (χ1v) is 24.3. The molecule has 12 aromatic rings. The van der Waals surface area contributed by atoms with Gasteiger partial charge in [0.15, 0.2) is 0 Å². The standard InChI is InChI=1S/C68H48N2/c1-47-34-38-54(39-35-47)70(66-33-17-21-49-19-9-11-27-58(49)66)67-45-44-56(59-28-12-13-30-62(59)67)50-36-40-53(41-37-50)69(65-32-16-20-48-18-8-10-26-57(48)65)55-42-43-61-60-29-14-15-31-63(60)68(64(61)46-55,51-22-4-2-5-23-51)52-24-6-3-7-25-52/h2-46H,1H3. The van der Waals surface area contributed by atoms with Crippen LogP contribution in [0.5, 0.6) is 0 Å². The lowest BCUT2D eigenvalue weighted by molar-refractivity contribution is 0.768. The number of hydrogen-bond acceptors (Lipinski definition) is 2. The van der Waals surface area contributed by atoms with Crippen molar-refractivity contribution < 1.29 is 0 Å². The van der Waals surface area contributed by atoms with E-state index in [0.29, 0.717) is 0 Å².